The molecule has 0 atom stereocenters. The molecule has 5 heteroatoms. The molecule has 2 aromatic carbocycles. The second-order valence-electron chi connectivity index (χ2n) is 5.90. The zero-order chi connectivity index (χ0) is 17.8. The largest absolute Gasteiger partial charge is 0.354 e. The third-order valence-electron chi connectivity index (χ3n) is 3.59. The predicted molar refractivity (Wildman–Crippen MR) is 97.8 cm³/mol. The van der Waals surface area contributed by atoms with Crippen LogP contribution in [-0.4, -0.2) is 10.9 Å². The summed E-state index contributed by atoms with van der Waals surface area (Å²) in [5.74, 6) is -0.790. The number of aryl methyl sites for hydroxylation is 2. The quantitative estimate of drug-likeness (QED) is 0.718. The summed E-state index contributed by atoms with van der Waals surface area (Å²) in [6.45, 7) is 4.08. The van der Waals surface area contributed by atoms with E-state index in [9.17, 15) is 9.18 Å². The molecule has 0 fully saturated rings. The number of amides is 1. The first-order valence-corrected chi connectivity index (χ1v) is 7.88. The SMILES string of the molecule is Cc1cc(C)cc(Nc2ccc(C(=O)Nc3cccc(F)c3)nc2)c1. The van der Waals surface area contributed by atoms with E-state index in [-0.39, 0.29) is 11.6 Å². The summed E-state index contributed by atoms with van der Waals surface area (Å²) in [4.78, 5) is 16.3. The van der Waals surface area contributed by atoms with E-state index in [1.807, 2.05) is 26.0 Å². The topological polar surface area (TPSA) is 54.0 Å². The van der Waals surface area contributed by atoms with Crippen molar-refractivity contribution in [3.63, 3.8) is 0 Å². The lowest BCUT2D eigenvalue weighted by atomic mass is 10.1. The smallest absolute Gasteiger partial charge is 0.274 e. The molecular weight excluding hydrogens is 317 g/mol. The maximum atomic E-state index is 13.2. The summed E-state index contributed by atoms with van der Waals surface area (Å²) in [6, 6.07) is 15.3. The van der Waals surface area contributed by atoms with E-state index in [2.05, 4.69) is 21.7 Å². The first kappa shape index (κ1) is 16.6. The van der Waals surface area contributed by atoms with Gasteiger partial charge in [0.15, 0.2) is 0 Å². The Morgan fingerprint density at radius 2 is 1.68 bits per heavy atom. The minimum atomic E-state index is -0.404. The van der Waals surface area contributed by atoms with E-state index in [1.165, 1.54) is 29.3 Å². The summed E-state index contributed by atoms with van der Waals surface area (Å²) < 4.78 is 13.2. The Morgan fingerprint density at radius 3 is 2.32 bits per heavy atom. The van der Waals surface area contributed by atoms with Crippen molar-refractivity contribution in [2.24, 2.45) is 0 Å². The number of hydrogen-bond donors (Lipinski definition) is 2. The highest BCUT2D eigenvalue weighted by Gasteiger charge is 2.08. The van der Waals surface area contributed by atoms with Crippen LogP contribution in [0.4, 0.5) is 21.5 Å². The maximum absolute atomic E-state index is 13.2. The van der Waals surface area contributed by atoms with Crippen molar-refractivity contribution < 1.29 is 9.18 Å². The van der Waals surface area contributed by atoms with Gasteiger partial charge in [-0.1, -0.05) is 12.1 Å². The minimum Gasteiger partial charge on any atom is -0.354 e. The fourth-order valence-corrected chi connectivity index (χ4v) is 2.58. The Morgan fingerprint density at radius 1 is 0.920 bits per heavy atom. The van der Waals surface area contributed by atoms with Crippen molar-refractivity contribution >= 4 is 23.0 Å². The third kappa shape index (κ3) is 4.41. The van der Waals surface area contributed by atoms with E-state index in [0.717, 1.165) is 11.4 Å². The first-order valence-electron chi connectivity index (χ1n) is 7.88. The van der Waals surface area contributed by atoms with Crippen LogP contribution in [0.25, 0.3) is 0 Å². The normalized spacial score (nSPS) is 10.4. The summed E-state index contributed by atoms with van der Waals surface area (Å²) >= 11 is 0. The molecule has 0 bridgehead atoms. The van der Waals surface area contributed by atoms with Gasteiger partial charge in [-0.25, -0.2) is 9.37 Å². The van der Waals surface area contributed by atoms with Gasteiger partial charge in [-0.05, 0) is 67.4 Å². The van der Waals surface area contributed by atoms with Gasteiger partial charge in [0, 0.05) is 11.4 Å². The number of nitrogens with zero attached hydrogens (tertiary/aromatic N) is 1. The van der Waals surface area contributed by atoms with Gasteiger partial charge in [0.25, 0.3) is 5.91 Å². The molecule has 3 rings (SSSR count). The molecule has 1 amide bonds. The van der Waals surface area contributed by atoms with E-state index >= 15 is 0 Å². The average molecular weight is 335 g/mol. The Labute approximate surface area is 145 Å². The van der Waals surface area contributed by atoms with Crippen LogP contribution in [0.3, 0.4) is 0 Å². The fraction of sp³-hybridized carbons (Fsp3) is 0.100. The van der Waals surface area contributed by atoms with Gasteiger partial charge in [0.1, 0.15) is 11.5 Å². The van der Waals surface area contributed by atoms with Gasteiger partial charge >= 0.3 is 0 Å². The predicted octanol–water partition coefficient (Wildman–Crippen LogP) is 4.83. The van der Waals surface area contributed by atoms with Crippen LogP contribution in [0.2, 0.25) is 0 Å². The van der Waals surface area contributed by atoms with Gasteiger partial charge < -0.3 is 10.6 Å². The van der Waals surface area contributed by atoms with Crippen molar-refractivity contribution in [2.75, 3.05) is 10.6 Å². The fourth-order valence-electron chi connectivity index (χ4n) is 2.58. The van der Waals surface area contributed by atoms with E-state index in [1.54, 1.807) is 24.4 Å². The van der Waals surface area contributed by atoms with Crippen LogP contribution >= 0.6 is 0 Å². The lowest BCUT2D eigenvalue weighted by Crippen LogP contribution is -2.13. The molecule has 0 spiro atoms. The van der Waals surface area contributed by atoms with E-state index in [4.69, 9.17) is 0 Å². The second kappa shape index (κ2) is 7.13. The summed E-state index contributed by atoms with van der Waals surface area (Å²) in [7, 11) is 0. The summed E-state index contributed by atoms with van der Waals surface area (Å²) in [6.07, 6.45) is 1.60. The van der Waals surface area contributed by atoms with Crippen LogP contribution in [0, 0.1) is 19.7 Å². The molecule has 126 valence electrons. The van der Waals surface area contributed by atoms with E-state index < -0.39 is 5.82 Å². The molecule has 25 heavy (non-hydrogen) atoms. The van der Waals surface area contributed by atoms with Crippen LogP contribution in [-0.2, 0) is 0 Å². The number of nitrogens with one attached hydrogen (secondary N) is 2. The molecule has 0 saturated heterocycles. The molecular formula is C20H18FN3O. The summed E-state index contributed by atoms with van der Waals surface area (Å²) in [5, 5.41) is 5.89. The second-order valence-corrected chi connectivity index (χ2v) is 5.90. The number of hydrogen-bond acceptors (Lipinski definition) is 3. The zero-order valence-electron chi connectivity index (χ0n) is 14.0. The lowest BCUT2D eigenvalue weighted by Gasteiger charge is -2.09. The van der Waals surface area contributed by atoms with Crippen molar-refractivity contribution in [1.29, 1.82) is 0 Å². The van der Waals surface area contributed by atoms with Gasteiger partial charge in [-0.2, -0.15) is 0 Å². The number of anilines is 3. The van der Waals surface area contributed by atoms with Crippen molar-refractivity contribution in [3.8, 4) is 0 Å². The highest BCUT2D eigenvalue weighted by molar-refractivity contribution is 6.02. The summed E-state index contributed by atoms with van der Waals surface area (Å²) in [5.41, 5.74) is 4.74. The first-order chi connectivity index (χ1) is 12.0. The molecule has 0 unspecified atom stereocenters. The molecule has 0 saturated carbocycles. The zero-order valence-corrected chi connectivity index (χ0v) is 14.0. The minimum absolute atomic E-state index is 0.259. The molecule has 1 aromatic heterocycles. The molecule has 2 N–H and O–H groups in total. The van der Waals surface area contributed by atoms with Gasteiger partial charge in [-0.3, -0.25) is 4.79 Å². The Kier molecular flexibility index (Phi) is 4.75. The Balaban J connectivity index is 1.70. The maximum Gasteiger partial charge on any atom is 0.274 e. The van der Waals surface area contributed by atoms with Crippen LogP contribution in [0.5, 0.6) is 0 Å². The van der Waals surface area contributed by atoms with Crippen LogP contribution in [0.1, 0.15) is 21.6 Å². The number of aromatic nitrogens is 1. The number of pyridine rings is 1. The van der Waals surface area contributed by atoms with Gasteiger partial charge in [0.2, 0.25) is 0 Å². The highest BCUT2D eigenvalue weighted by atomic mass is 19.1. The highest BCUT2D eigenvalue weighted by Crippen LogP contribution is 2.19. The number of benzene rings is 2. The number of halogens is 1. The Bertz CT molecular complexity index is 887. The Hall–Kier alpha value is -3.21. The molecule has 0 aliphatic carbocycles. The average Bonchev–Trinajstić information content (AvgIpc) is 2.54. The monoisotopic (exact) mass is 335 g/mol. The molecule has 0 aliphatic heterocycles. The van der Waals surface area contributed by atoms with Gasteiger partial charge in [0.05, 0.1) is 11.9 Å². The van der Waals surface area contributed by atoms with Crippen LogP contribution in [0.15, 0.2) is 60.8 Å². The molecule has 1 heterocycles. The van der Waals surface area contributed by atoms with E-state index in [0.29, 0.717) is 5.69 Å². The molecule has 0 radical (unpaired) electrons. The number of carbonyl (C=O) groups excluding carboxylic acids is 1. The third-order valence-corrected chi connectivity index (χ3v) is 3.59. The van der Waals surface area contributed by atoms with Gasteiger partial charge in [-0.15, -0.1) is 0 Å². The van der Waals surface area contributed by atoms with Crippen molar-refractivity contribution in [3.05, 3.63) is 83.4 Å². The number of carbonyl (C=O) groups is 1. The lowest BCUT2D eigenvalue weighted by molar-refractivity contribution is 0.102. The number of rotatable bonds is 4. The molecule has 3 aromatic rings. The molecule has 4 nitrogen and oxygen atoms in total. The van der Waals surface area contributed by atoms with Crippen molar-refractivity contribution in [2.45, 2.75) is 13.8 Å². The van der Waals surface area contributed by atoms with Crippen molar-refractivity contribution in [1.82, 2.24) is 4.98 Å². The van der Waals surface area contributed by atoms with Crippen LogP contribution < -0.4 is 10.6 Å². The standard InChI is InChI=1S/C20H18FN3O/c1-13-8-14(2)10-18(9-13)23-17-6-7-19(22-12-17)20(25)24-16-5-3-4-15(21)11-16/h3-12,23H,1-2H3,(H,24,25). The molecule has 0 aliphatic rings.